The molecule has 1 heteroatoms. The Labute approximate surface area is 73.5 Å². The van der Waals surface area contributed by atoms with Gasteiger partial charge in [-0.2, -0.15) is 0 Å². The van der Waals surface area contributed by atoms with Gasteiger partial charge in [0.15, 0.2) is 6.29 Å². The van der Waals surface area contributed by atoms with Crippen molar-refractivity contribution in [2.75, 3.05) is 0 Å². The molecule has 0 aliphatic heterocycles. The third-order valence-corrected chi connectivity index (χ3v) is 0.532. The molecule has 0 bridgehead atoms. The summed E-state index contributed by atoms with van der Waals surface area (Å²) < 4.78 is 0. The molecule has 0 heterocycles. The number of hydrogen-bond acceptors (Lipinski definition) is 1. The van der Waals surface area contributed by atoms with Crippen molar-refractivity contribution in [2.45, 2.75) is 0 Å². The Balaban J connectivity index is 0. The molecule has 0 spiro atoms. The minimum Gasteiger partial charge on any atom is -0.289 e. The molecule has 0 rings (SSSR count). The highest BCUT2D eigenvalue weighted by Gasteiger charge is 1.47. The van der Waals surface area contributed by atoms with Crippen molar-refractivity contribution in [3.63, 3.8) is 0 Å². The fraction of sp³-hybridized carbons (Fsp3) is 0. The molecule has 0 aromatic rings. The summed E-state index contributed by atoms with van der Waals surface area (Å²) in [6.45, 7) is 10.0. The van der Waals surface area contributed by atoms with Crippen molar-refractivity contribution in [1.29, 1.82) is 0 Å². The maximum atomic E-state index is 9.34. The van der Waals surface area contributed by atoms with Crippen LogP contribution in [0.25, 0.3) is 0 Å². The zero-order valence-corrected chi connectivity index (χ0v) is 6.84. The molecule has 0 aliphatic rings. The highest BCUT2D eigenvalue weighted by atomic mass is 16.1. The number of allylic oxidation sites excluding steroid dienone is 3. The van der Waals surface area contributed by atoms with Crippen LogP contribution in [0.4, 0.5) is 0 Å². The predicted octanol–water partition coefficient (Wildman–Crippen LogP) is 1.74. The molecular formula is C11H10O. The molecule has 0 aliphatic carbocycles. The monoisotopic (exact) mass is 158 g/mol. The van der Waals surface area contributed by atoms with Crippen molar-refractivity contribution in [3.8, 4) is 23.7 Å². The van der Waals surface area contributed by atoms with E-state index in [0.29, 0.717) is 6.29 Å². The zero-order valence-electron chi connectivity index (χ0n) is 6.84. The van der Waals surface area contributed by atoms with E-state index in [1.807, 2.05) is 0 Å². The van der Waals surface area contributed by atoms with Crippen molar-refractivity contribution in [1.82, 2.24) is 0 Å². The molecule has 0 aromatic heterocycles. The fourth-order valence-electron chi connectivity index (χ4n) is 0.211. The van der Waals surface area contributed by atoms with Gasteiger partial charge in [0.2, 0.25) is 0 Å². The lowest BCUT2D eigenvalue weighted by atomic mass is 10.5. The van der Waals surface area contributed by atoms with Crippen LogP contribution in [0.5, 0.6) is 0 Å². The van der Waals surface area contributed by atoms with Gasteiger partial charge in [0.25, 0.3) is 0 Å². The SMILES string of the molecule is C=CC#CC=C.C=CC#CC=O. The summed E-state index contributed by atoms with van der Waals surface area (Å²) in [6, 6.07) is 0. The molecule has 60 valence electrons. The Kier molecular flexibility index (Phi) is 16.9. The van der Waals surface area contributed by atoms with E-state index in [1.54, 1.807) is 0 Å². The van der Waals surface area contributed by atoms with Gasteiger partial charge < -0.3 is 0 Å². The Morgan fingerprint density at radius 3 is 1.25 bits per heavy atom. The largest absolute Gasteiger partial charge is 0.289 e. The van der Waals surface area contributed by atoms with Gasteiger partial charge in [-0.1, -0.05) is 37.5 Å². The third kappa shape index (κ3) is 24.5. The highest BCUT2D eigenvalue weighted by molar-refractivity contribution is 5.73. The fourth-order valence-corrected chi connectivity index (χ4v) is 0.211. The van der Waals surface area contributed by atoms with Crippen LogP contribution in [0, 0.1) is 23.7 Å². The second-order valence-corrected chi connectivity index (χ2v) is 1.31. The average Bonchev–Trinajstić information content (AvgIpc) is 2.12. The molecule has 0 N–H and O–H groups in total. The smallest absolute Gasteiger partial charge is 0.193 e. The second kappa shape index (κ2) is 16.0. The van der Waals surface area contributed by atoms with Crippen LogP contribution < -0.4 is 0 Å². The molecule has 1 nitrogen and oxygen atoms in total. The molecule has 0 saturated carbocycles. The summed E-state index contributed by atoms with van der Waals surface area (Å²) in [7, 11) is 0. The van der Waals surface area contributed by atoms with Gasteiger partial charge in [0.05, 0.1) is 0 Å². The van der Waals surface area contributed by atoms with Gasteiger partial charge in [0.1, 0.15) is 0 Å². The minimum absolute atomic E-state index is 0.529. The lowest BCUT2D eigenvalue weighted by Crippen LogP contribution is -1.53. The number of rotatable bonds is 0. The molecule has 0 aromatic carbocycles. The molecular weight excluding hydrogens is 148 g/mol. The first-order valence-electron chi connectivity index (χ1n) is 3.12. The predicted molar refractivity (Wildman–Crippen MR) is 52.2 cm³/mol. The van der Waals surface area contributed by atoms with Crippen LogP contribution in [-0.4, -0.2) is 6.29 Å². The topological polar surface area (TPSA) is 17.1 Å². The first-order chi connectivity index (χ1) is 5.83. The highest BCUT2D eigenvalue weighted by Crippen LogP contribution is 1.55. The molecule has 12 heavy (non-hydrogen) atoms. The van der Waals surface area contributed by atoms with E-state index >= 15 is 0 Å². The van der Waals surface area contributed by atoms with Crippen LogP contribution in [0.3, 0.4) is 0 Å². The van der Waals surface area contributed by atoms with Crippen LogP contribution in [0.15, 0.2) is 38.0 Å². The number of hydrogen-bond donors (Lipinski definition) is 0. The molecule has 0 atom stereocenters. The summed E-state index contributed by atoms with van der Waals surface area (Å²) in [5.74, 6) is 9.68. The number of aldehydes is 1. The molecule has 0 saturated heterocycles. The Morgan fingerprint density at radius 1 is 0.750 bits per heavy atom. The van der Waals surface area contributed by atoms with Gasteiger partial charge in [0, 0.05) is 0 Å². The van der Waals surface area contributed by atoms with Gasteiger partial charge in [-0.05, 0) is 24.1 Å². The number of carbonyl (C=O) groups excluding carboxylic acids is 1. The summed E-state index contributed by atoms with van der Waals surface area (Å²) in [5, 5.41) is 0. The van der Waals surface area contributed by atoms with E-state index in [2.05, 4.69) is 43.4 Å². The van der Waals surface area contributed by atoms with Gasteiger partial charge in [-0.25, -0.2) is 0 Å². The normalized spacial score (nSPS) is 4.67. The standard InChI is InChI=1S/C6H6.C5H4O/c1-3-5-6-4-2;1-2-3-4-5-6/h3-4H,1-2H2;2,5H,1H2. The van der Waals surface area contributed by atoms with E-state index in [0.717, 1.165) is 0 Å². The maximum Gasteiger partial charge on any atom is 0.193 e. The van der Waals surface area contributed by atoms with Gasteiger partial charge in [-0.15, -0.1) is 0 Å². The van der Waals surface area contributed by atoms with E-state index < -0.39 is 0 Å². The molecule has 0 amide bonds. The van der Waals surface area contributed by atoms with E-state index in [-0.39, 0.29) is 0 Å². The lowest BCUT2D eigenvalue weighted by Gasteiger charge is -1.52. The second-order valence-electron chi connectivity index (χ2n) is 1.31. The molecule has 0 fully saturated rings. The van der Waals surface area contributed by atoms with Gasteiger partial charge >= 0.3 is 0 Å². The zero-order chi connectivity index (χ0) is 9.66. The Bertz CT molecular complexity index is 209. The van der Waals surface area contributed by atoms with Crippen molar-refractivity contribution in [2.24, 2.45) is 0 Å². The Hall–Kier alpha value is -1.99. The van der Waals surface area contributed by atoms with Gasteiger partial charge in [-0.3, -0.25) is 4.79 Å². The summed E-state index contributed by atoms with van der Waals surface area (Å²) in [5.41, 5.74) is 0. The summed E-state index contributed by atoms with van der Waals surface area (Å²) in [6.07, 6.45) is 4.96. The number of carbonyl (C=O) groups is 1. The maximum absolute atomic E-state index is 9.34. The van der Waals surface area contributed by atoms with Crippen molar-refractivity contribution >= 4 is 6.29 Å². The van der Waals surface area contributed by atoms with Crippen LogP contribution in [0.2, 0.25) is 0 Å². The lowest BCUT2D eigenvalue weighted by molar-refractivity contribution is -0.103. The van der Waals surface area contributed by atoms with Crippen molar-refractivity contribution < 1.29 is 4.79 Å². The first-order valence-corrected chi connectivity index (χ1v) is 3.12. The Morgan fingerprint density at radius 2 is 1.08 bits per heavy atom. The van der Waals surface area contributed by atoms with E-state index in [4.69, 9.17) is 0 Å². The van der Waals surface area contributed by atoms with Crippen LogP contribution >= 0.6 is 0 Å². The first kappa shape index (κ1) is 12.7. The summed E-state index contributed by atoms with van der Waals surface area (Å²) in [4.78, 5) is 9.34. The van der Waals surface area contributed by atoms with Crippen molar-refractivity contribution in [3.05, 3.63) is 38.0 Å². The van der Waals surface area contributed by atoms with E-state index in [9.17, 15) is 4.79 Å². The van der Waals surface area contributed by atoms with Crippen LogP contribution in [0.1, 0.15) is 0 Å². The molecule has 0 unspecified atom stereocenters. The third-order valence-electron chi connectivity index (χ3n) is 0.532. The summed E-state index contributed by atoms with van der Waals surface area (Å²) >= 11 is 0. The van der Waals surface area contributed by atoms with E-state index in [1.165, 1.54) is 18.2 Å². The quantitative estimate of drug-likeness (QED) is 0.387. The average molecular weight is 158 g/mol. The minimum atomic E-state index is 0.529. The van der Waals surface area contributed by atoms with Crippen LogP contribution in [-0.2, 0) is 4.79 Å². The molecule has 0 radical (unpaired) electrons.